The highest BCUT2D eigenvalue weighted by molar-refractivity contribution is 9.10. The fourth-order valence-corrected chi connectivity index (χ4v) is 2.53. The summed E-state index contributed by atoms with van der Waals surface area (Å²) in [6, 6.07) is 6.93. The quantitative estimate of drug-likeness (QED) is 0.810. The zero-order valence-corrected chi connectivity index (χ0v) is 13.8. The van der Waals surface area contributed by atoms with Crippen LogP contribution in [0.3, 0.4) is 0 Å². The number of halogens is 2. The molecule has 7 heteroatoms. The number of H-pyrrole nitrogens is 1. The Morgan fingerprint density at radius 1 is 1.48 bits per heavy atom. The molecule has 0 fully saturated rings. The minimum absolute atomic E-state index is 0.101. The normalized spacial score (nSPS) is 10.4. The first-order chi connectivity index (χ1) is 10.1. The number of amides is 1. The molecule has 0 saturated heterocycles. The van der Waals surface area contributed by atoms with Crippen molar-refractivity contribution in [1.29, 1.82) is 0 Å². The van der Waals surface area contributed by atoms with Crippen molar-refractivity contribution in [2.75, 3.05) is 11.9 Å². The topological polar surface area (TPSA) is 67.0 Å². The summed E-state index contributed by atoms with van der Waals surface area (Å²) in [5.74, 6) is 0.789. The molecule has 0 aliphatic rings. The van der Waals surface area contributed by atoms with Gasteiger partial charge in [0.1, 0.15) is 5.75 Å². The molecule has 0 atom stereocenters. The van der Waals surface area contributed by atoms with E-state index in [2.05, 4.69) is 38.4 Å². The van der Waals surface area contributed by atoms with Crippen LogP contribution in [0.1, 0.15) is 19.0 Å². The Morgan fingerprint density at radius 3 is 3.00 bits per heavy atom. The first-order valence-electron chi connectivity index (χ1n) is 6.50. The van der Waals surface area contributed by atoms with Crippen molar-refractivity contribution in [3.8, 4) is 5.75 Å². The average Bonchev–Trinajstić information content (AvgIpc) is 2.85. The lowest BCUT2D eigenvalue weighted by molar-refractivity contribution is -0.118. The van der Waals surface area contributed by atoms with Gasteiger partial charge in [-0.05, 0) is 40.5 Å². The molecule has 0 aliphatic carbocycles. The largest absolute Gasteiger partial charge is 0.483 e. The molecule has 1 aromatic carbocycles. The maximum atomic E-state index is 11.8. The molecule has 0 unspecified atom stereocenters. The van der Waals surface area contributed by atoms with Crippen LogP contribution >= 0.6 is 27.5 Å². The second-order valence-electron chi connectivity index (χ2n) is 4.44. The number of nitrogens with zero attached hydrogens (tertiary/aromatic N) is 1. The van der Waals surface area contributed by atoms with Crippen LogP contribution in [-0.2, 0) is 11.2 Å². The van der Waals surface area contributed by atoms with Gasteiger partial charge in [0.25, 0.3) is 5.91 Å². The molecule has 0 saturated carbocycles. The van der Waals surface area contributed by atoms with Crippen LogP contribution in [0.2, 0.25) is 5.02 Å². The van der Waals surface area contributed by atoms with E-state index < -0.39 is 0 Å². The summed E-state index contributed by atoms with van der Waals surface area (Å²) in [7, 11) is 0. The second kappa shape index (κ2) is 7.47. The molecule has 112 valence electrons. The van der Waals surface area contributed by atoms with Crippen molar-refractivity contribution in [1.82, 2.24) is 10.2 Å². The smallest absolute Gasteiger partial charge is 0.263 e. The van der Waals surface area contributed by atoms with Crippen LogP contribution in [0.15, 0.2) is 28.7 Å². The SMILES string of the molecule is CCCc1cc(NC(=O)COc2ccc(Cl)cc2Br)n[nH]1. The van der Waals surface area contributed by atoms with Crippen LogP contribution < -0.4 is 10.1 Å². The molecule has 1 heterocycles. The van der Waals surface area contributed by atoms with Crippen molar-refractivity contribution in [3.05, 3.63) is 39.5 Å². The van der Waals surface area contributed by atoms with Crippen molar-refractivity contribution < 1.29 is 9.53 Å². The Balaban J connectivity index is 1.86. The molecular formula is C14H15BrClN3O2. The number of aryl methyl sites for hydroxylation is 1. The van der Waals surface area contributed by atoms with E-state index in [9.17, 15) is 4.79 Å². The van der Waals surface area contributed by atoms with Crippen LogP contribution in [0.25, 0.3) is 0 Å². The summed E-state index contributed by atoms with van der Waals surface area (Å²) in [5.41, 5.74) is 0.995. The van der Waals surface area contributed by atoms with Crippen molar-refractivity contribution in [3.63, 3.8) is 0 Å². The van der Waals surface area contributed by atoms with Crippen molar-refractivity contribution >= 4 is 39.3 Å². The number of aromatic amines is 1. The standard InChI is InChI=1S/C14H15BrClN3O2/c1-2-3-10-7-13(19-18-10)17-14(20)8-21-12-5-4-9(16)6-11(12)15/h4-7H,2-3,8H2,1H3,(H2,17,18,19,20). The van der Waals surface area contributed by atoms with Crippen molar-refractivity contribution in [2.45, 2.75) is 19.8 Å². The van der Waals surface area contributed by atoms with E-state index in [1.165, 1.54) is 0 Å². The summed E-state index contributed by atoms with van der Waals surface area (Å²) in [6.07, 6.45) is 1.92. The lowest BCUT2D eigenvalue weighted by atomic mass is 10.2. The number of hydrogen-bond donors (Lipinski definition) is 2. The van der Waals surface area contributed by atoms with Gasteiger partial charge in [-0.1, -0.05) is 24.9 Å². The van der Waals surface area contributed by atoms with Crippen LogP contribution in [-0.4, -0.2) is 22.7 Å². The fraction of sp³-hybridized carbons (Fsp3) is 0.286. The first kappa shape index (κ1) is 15.9. The van der Waals surface area contributed by atoms with E-state index in [0.29, 0.717) is 21.1 Å². The molecule has 0 spiro atoms. The Bertz CT molecular complexity index is 630. The van der Waals surface area contributed by atoms with E-state index in [0.717, 1.165) is 18.5 Å². The van der Waals surface area contributed by atoms with Gasteiger partial charge in [0.2, 0.25) is 0 Å². The predicted molar refractivity (Wildman–Crippen MR) is 85.9 cm³/mol. The third-order valence-corrected chi connectivity index (χ3v) is 3.53. The van der Waals surface area contributed by atoms with Gasteiger partial charge in [0, 0.05) is 16.8 Å². The van der Waals surface area contributed by atoms with Gasteiger partial charge < -0.3 is 10.1 Å². The summed E-state index contributed by atoms with van der Waals surface area (Å²) >= 11 is 9.16. The van der Waals surface area contributed by atoms with Gasteiger partial charge in [-0.3, -0.25) is 9.89 Å². The number of aromatic nitrogens is 2. The van der Waals surface area contributed by atoms with Crippen LogP contribution in [0.4, 0.5) is 5.82 Å². The number of carbonyl (C=O) groups excluding carboxylic acids is 1. The van der Waals surface area contributed by atoms with E-state index in [1.807, 2.05) is 6.07 Å². The molecule has 1 amide bonds. The lowest BCUT2D eigenvalue weighted by Gasteiger charge is -2.07. The van der Waals surface area contributed by atoms with E-state index in [-0.39, 0.29) is 12.5 Å². The average molecular weight is 373 g/mol. The van der Waals surface area contributed by atoms with E-state index in [1.54, 1.807) is 18.2 Å². The Hall–Kier alpha value is -1.53. The third-order valence-electron chi connectivity index (χ3n) is 2.67. The Kier molecular flexibility index (Phi) is 5.64. The predicted octanol–water partition coefficient (Wildman–Crippen LogP) is 3.80. The number of carbonyl (C=O) groups is 1. The zero-order valence-electron chi connectivity index (χ0n) is 11.5. The number of hydrogen-bond acceptors (Lipinski definition) is 3. The Labute approximate surface area is 136 Å². The molecule has 2 rings (SSSR count). The molecule has 0 aliphatic heterocycles. The van der Waals surface area contributed by atoms with E-state index in [4.69, 9.17) is 16.3 Å². The molecule has 1 aromatic heterocycles. The molecular weight excluding hydrogens is 358 g/mol. The minimum Gasteiger partial charge on any atom is -0.483 e. The summed E-state index contributed by atoms with van der Waals surface area (Å²) in [6.45, 7) is 1.98. The number of rotatable bonds is 6. The van der Waals surface area contributed by atoms with Crippen molar-refractivity contribution in [2.24, 2.45) is 0 Å². The zero-order chi connectivity index (χ0) is 15.2. The maximum Gasteiger partial charge on any atom is 0.263 e. The van der Waals surface area contributed by atoms with Gasteiger partial charge in [-0.2, -0.15) is 5.10 Å². The van der Waals surface area contributed by atoms with E-state index >= 15 is 0 Å². The number of benzene rings is 1. The summed E-state index contributed by atoms with van der Waals surface area (Å²) in [5, 5.41) is 10.2. The summed E-state index contributed by atoms with van der Waals surface area (Å²) < 4.78 is 6.13. The minimum atomic E-state index is -0.272. The summed E-state index contributed by atoms with van der Waals surface area (Å²) in [4.78, 5) is 11.8. The molecule has 21 heavy (non-hydrogen) atoms. The number of anilines is 1. The molecule has 0 radical (unpaired) electrons. The maximum absolute atomic E-state index is 11.8. The van der Waals surface area contributed by atoms with Gasteiger partial charge in [-0.25, -0.2) is 0 Å². The highest BCUT2D eigenvalue weighted by Gasteiger charge is 2.08. The number of ether oxygens (including phenoxy) is 1. The third kappa shape index (κ3) is 4.75. The Morgan fingerprint density at radius 2 is 2.29 bits per heavy atom. The molecule has 0 bridgehead atoms. The molecule has 5 nitrogen and oxygen atoms in total. The number of nitrogens with one attached hydrogen (secondary N) is 2. The highest BCUT2D eigenvalue weighted by atomic mass is 79.9. The van der Waals surface area contributed by atoms with Crippen LogP contribution in [0.5, 0.6) is 5.75 Å². The van der Waals surface area contributed by atoms with Gasteiger partial charge >= 0.3 is 0 Å². The van der Waals surface area contributed by atoms with Gasteiger partial charge in [-0.15, -0.1) is 0 Å². The second-order valence-corrected chi connectivity index (χ2v) is 5.73. The monoisotopic (exact) mass is 371 g/mol. The highest BCUT2D eigenvalue weighted by Crippen LogP contribution is 2.27. The molecule has 2 N–H and O–H groups in total. The van der Waals surface area contributed by atoms with Gasteiger partial charge in [0.15, 0.2) is 12.4 Å². The van der Waals surface area contributed by atoms with Crippen LogP contribution in [0, 0.1) is 0 Å². The fourth-order valence-electron chi connectivity index (χ4n) is 1.74. The van der Waals surface area contributed by atoms with Gasteiger partial charge in [0.05, 0.1) is 4.47 Å². The molecule has 2 aromatic rings. The lowest BCUT2D eigenvalue weighted by Crippen LogP contribution is -2.20. The first-order valence-corrected chi connectivity index (χ1v) is 7.67.